The molecule has 6 rings (SSSR count). The number of nitrogens with zero attached hydrogens (tertiary/aromatic N) is 4. The van der Waals surface area contributed by atoms with E-state index in [4.69, 9.17) is 4.98 Å². The number of para-hydroxylation sites is 1. The molecular formula is C30H26N4O. The Morgan fingerprint density at radius 1 is 0.800 bits per heavy atom. The zero-order valence-electron chi connectivity index (χ0n) is 19.4. The van der Waals surface area contributed by atoms with Crippen molar-refractivity contribution in [1.29, 1.82) is 0 Å². The Balaban J connectivity index is 1.30. The second-order valence-corrected chi connectivity index (χ2v) is 9.05. The predicted molar refractivity (Wildman–Crippen MR) is 139 cm³/mol. The fourth-order valence-electron chi connectivity index (χ4n) is 4.99. The standard InChI is InChI=1S/C30H26N4O/c35-30(33-17-14-25(15-18-33)34-19-16-31-21-34)27-20-29(32-28-9-5-4-8-26(27)28)24-12-10-23(11-13-24)22-6-2-1-3-7-22/h1-13,16,19-21,25H,14-15,17-18H2. The zero-order valence-corrected chi connectivity index (χ0v) is 19.4. The largest absolute Gasteiger partial charge is 0.338 e. The summed E-state index contributed by atoms with van der Waals surface area (Å²) in [5.41, 5.74) is 5.73. The maximum absolute atomic E-state index is 13.7. The summed E-state index contributed by atoms with van der Waals surface area (Å²) in [7, 11) is 0. The minimum Gasteiger partial charge on any atom is -0.338 e. The SMILES string of the molecule is O=C(c1cc(-c2ccc(-c3ccccc3)cc2)nc2ccccc12)N1CCC(n2ccnc2)CC1. The summed E-state index contributed by atoms with van der Waals surface area (Å²) < 4.78 is 2.15. The Morgan fingerprint density at radius 2 is 1.49 bits per heavy atom. The van der Waals surface area contributed by atoms with E-state index in [1.807, 2.05) is 72.2 Å². The van der Waals surface area contributed by atoms with Gasteiger partial charge in [-0.05, 0) is 36.1 Å². The molecule has 0 radical (unpaired) electrons. The van der Waals surface area contributed by atoms with Gasteiger partial charge in [0.05, 0.1) is 23.1 Å². The topological polar surface area (TPSA) is 51.0 Å². The second kappa shape index (κ2) is 9.18. The Morgan fingerprint density at radius 3 is 2.23 bits per heavy atom. The van der Waals surface area contributed by atoms with Gasteiger partial charge in [-0.25, -0.2) is 9.97 Å². The van der Waals surface area contributed by atoms with E-state index in [2.05, 4.69) is 45.9 Å². The minimum absolute atomic E-state index is 0.0786. The van der Waals surface area contributed by atoms with Gasteiger partial charge in [-0.3, -0.25) is 4.79 Å². The summed E-state index contributed by atoms with van der Waals surface area (Å²) in [6, 6.07) is 29.0. The van der Waals surface area contributed by atoms with Crippen molar-refractivity contribution in [2.24, 2.45) is 0 Å². The van der Waals surface area contributed by atoms with Crippen LogP contribution < -0.4 is 0 Å². The average Bonchev–Trinajstić information content (AvgIpc) is 3.48. The smallest absolute Gasteiger partial charge is 0.254 e. The van der Waals surface area contributed by atoms with Crippen LogP contribution in [0.15, 0.2) is 104 Å². The number of carbonyl (C=O) groups excluding carboxylic acids is 1. The quantitative estimate of drug-likeness (QED) is 0.320. The number of piperidine rings is 1. The van der Waals surface area contributed by atoms with Gasteiger partial charge >= 0.3 is 0 Å². The molecule has 5 nitrogen and oxygen atoms in total. The lowest BCUT2D eigenvalue weighted by Crippen LogP contribution is -2.39. The predicted octanol–water partition coefficient (Wildman–Crippen LogP) is 6.24. The van der Waals surface area contributed by atoms with Crippen molar-refractivity contribution in [3.8, 4) is 22.4 Å². The van der Waals surface area contributed by atoms with Crippen molar-refractivity contribution in [2.75, 3.05) is 13.1 Å². The van der Waals surface area contributed by atoms with E-state index in [1.165, 1.54) is 5.56 Å². The van der Waals surface area contributed by atoms with Gasteiger partial charge in [0, 0.05) is 42.5 Å². The summed E-state index contributed by atoms with van der Waals surface area (Å²) in [5.74, 6) is 0.0786. The molecule has 0 N–H and O–H groups in total. The number of amides is 1. The maximum atomic E-state index is 13.7. The van der Waals surface area contributed by atoms with Crippen LogP contribution in [0, 0.1) is 0 Å². The number of rotatable bonds is 4. The number of imidazole rings is 1. The molecular weight excluding hydrogens is 432 g/mol. The average molecular weight is 459 g/mol. The van der Waals surface area contributed by atoms with Gasteiger partial charge < -0.3 is 9.47 Å². The van der Waals surface area contributed by atoms with E-state index in [9.17, 15) is 4.79 Å². The first-order chi connectivity index (χ1) is 17.3. The first kappa shape index (κ1) is 21.3. The Kier molecular flexibility index (Phi) is 5.59. The molecule has 172 valence electrons. The van der Waals surface area contributed by atoms with E-state index in [1.54, 1.807) is 0 Å². The van der Waals surface area contributed by atoms with E-state index in [0.717, 1.165) is 59.2 Å². The maximum Gasteiger partial charge on any atom is 0.254 e. The van der Waals surface area contributed by atoms with Crippen molar-refractivity contribution < 1.29 is 4.79 Å². The van der Waals surface area contributed by atoms with Crippen molar-refractivity contribution >= 4 is 16.8 Å². The number of fused-ring (bicyclic) bond motifs is 1. The van der Waals surface area contributed by atoms with Gasteiger partial charge in [-0.1, -0.05) is 72.8 Å². The Hall–Kier alpha value is -4.25. The number of carbonyl (C=O) groups is 1. The van der Waals surface area contributed by atoms with Crippen LogP contribution in [0.1, 0.15) is 29.2 Å². The highest BCUT2D eigenvalue weighted by molar-refractivity contribution is 6.07. The fraction of sp³-hybridized carbons (Fsp3) is 0.167. The summed E-state index contributed by atoms with van der Waals surface area (Å²) in [5, 5.41) is 0.902. The van der Waals surface area contributed by atoms with Gasteiger partial charge in [0.1, 0.15) is 0 Å². The molecule has 1 amide bonds. The van der Waals surface area contributed by atoms with E-state index >= 15 is 0 Å². The van der Waals surface area contributed by atoms with Crippen molar-refractivity contribution in [3.05, 3.63) is 109 Å². The summed E-state index contributed by atoms with van der Waals surface area (Å²) in [4.78, 5) is 24.8. The number of hydrogen-bond acceptors (Lipinski definition) is 3. The van der Waals surface area contributed by atoms with Crippen LogP contribution in [0.3, 0.4) is 0 Å². The van der Waals surface area contributed by atoms with Gasteiger partial charge in [-0.15, -0.1) is 0 Å². The molecule has 0 unspecified atom stereocenters. The molecule has 1 aliphatic heterocycles. The lowest BCUT2D eigenvalue weighted by atomic mass is 9.99. The summed E-state index contributed by atoms with van der Waals surface area (Å²) in [6.45, 7) is 1.47. The highest BCUT2D eigenvalue weighted by Crippen LogP contribution is 2.30. The van der Waals surface area contributed by atoms with Crippen LogP contribution in [-0.2, 0) is 0 Å². The number of pyridine rings is 1. The first-order valence-corrected chi connectivity index (χ1v) is 12.1. The highest BCUT2D eigenvalue weighted by atomic mass is 16.2. The van der Waals surface area contributed by atoms with E-state index < -0.39 is 0 Å². The van der Waals surface area contributed by atoms with Crippen LogP contribution in [0.5, 0.6) is 0 Å². The zero-order chi connectivity index (χ0) is 23.6. The molecule has 35 heavy (non-hydrogen) atoms. The third-order valence-electron chi connectivity index (χ3n) is 6.93. The van der Waals surface area contributed by atoms with Crippen molar-refractivity contribution in [1.82, 2.24) is 19.4 Å². The molecule has 0 spiro atoms. The molecule has 1 fully saturated rings. The highest BCUT2D eigenvalue weighted by Gasteiger charge is 2.26. The van der Waals surface area contributed by atoms with Gasteiger partial charge in [0.15, 0.2) is 0 Å². The number of benzene rings is 3. The molecule has 0 aliphatic carbocycles. The van der Waals surface area contributed by atoms with E-state index in [-0.39, 0.29) is 5.91 Å². The fourth-order valence-corrected chi connectivity index (χ4v) is 4.99. The monoisotopic (exact) mass is 458 g/mol. The normalized spacial score (nSPS) is 14.3. The van der Waals surface area contributed by atoms with Gasteiger partial charge in [-0.2, -0.15) is 0 Å². The molecule has 3 heterocycles. The van der Waals surface area contributed by atoms with Crippen LogP contribution >= 0.6 is 0 Å². The number of aromatic nitrogens is 3. The van der Waals surface area contributed by atoms with Gasteiger partial charge in [0.2, 0.25) is 0 Å². The Labute approximate surface area is 204 Å². The van der Waals surface area contributed by atoms with Crippen LogP contribution in [0.2, 0.25) is 0 Å². The lowest BCUT2D eigenvalue weighted by Gasteiger charge is -2.33. The Bertz CT molecular complexity index is 1450. The number of likely N-dealkylation sites (tertiary alicyclic amines) is 1. The summed E-state index contributed by atoms with van der Waals surface area (Å²) in [6.07, 6.45) is 7.55. The van der Waals surface area contributed by atoms with Gasteiger partial charge in [0.25, 0.3) is 5.91 Å². The molecule has 1 aliphatic rings. The molecule has 0 bridgehead atoms. The second-order valence-electron chi connectivity index (χ2n) is 9.05. The van der Waals surface area contributed by atoms with Crippen LogP contribution in [0.4, 0.5) is 0 Å². The van der Waals surface area contributed by atoms with Crippen molar-refractivity contribution in [3.63, 3.8) is 0 Å². The number of hydrogen-bond donors (Lipinski definition) is 0. The molecule has 2 aromatic heterocycles. The molecule has 5 aromatic rings. The molecule has 0 atom stereocenters. The molecule has 5 heteroatoms. The third-order valence-corrected chi connectivity index (χ3v) is 6.93. The molecule has 1 saturated heterocycles. The van der Waals surface area contributed by atoms with Crippen LogP contribution in [0.25, 0.3) is 33.3 Å². The first-order valence-electron chi connectivity index (χ1n) is 12.1. The van der Waals surface area contributed by atoms with Crippen molar-refractivity contribution in [2.45, 2.75) is 18.9 Å². The van der Waals surface area contributed by atoms with Crippen LogP contribution in [-0.4, -0.2) is 38.4 Å². The third kappa shape index (κ3) is 4.21. The minimum atomic E-state index is 0.0786. The summed E-state index contributed by atoms with van der Waals surface area (Å²) >= 11 is 0. The molecule has 3 aromatic carbocycles. The molecule has 0 saturated carbocycles. The lowest BCUT2D eigenvalue weighted by molar-refractivity contribution is 0.0696. The van der Waals surface area contributed by atoms with E-state index in [0.29, 0.717) is 6.04 Å².